The smallest absolute Gasteiger partial charge is 0.269 e. The van der Waals surface area contributed by atoms with Gasteiger partial charge in [-0.15, -0.1) is 0 Å². The van der Waals surface area contributed by atoms with Gasteiger partial charge in [0, 0.05) is 29.7 Å². The number of nitrogens with two attached hydrogens (primary N) is 1. The van der Waals surface area contributed by atoms with Gasteiger partial charge < -0.3 is 4.74 Å². The van der Waals surface area contributed by atoms with Crippen LogP contribution in [0.2, 0.25) is 0 Å². The molecule has 0 aromatic heterocycles. The van der Waals surface area contributed by atoms with E-state index in [1.54, 1.807) is 24.3 Å². The molecule has 0 saturated heterocycles. The molecule has 0 unspecified atom stereocenters. The number of allylic oxidation sites excluding steroid dienone is 1. The van der Waals surface area contributed by atoms with Gasteiger partial charge in [0.05, 0.1) is 9.82 Å². The van der Waals surface area contributed by atoms with E-state index in [1.165, 1.54) is 24.3 Å². The first-order valence-electron chi connectivity index (χ1n) is 8.70. The summed E-state index contributed by atoms with van der Waals surface area (Å²) in [5, 5.41) is 16.1. The predicted octanol–water partition coefficient (Wildman–Crippen LogP) is 3.75. The number of non-ortho nitro benzene ring substituents is 1. The lowest BCUT2D eigenvalue weighted by atomic mass is 9.92. The summed E-state index contributed by atoms with van der Waals surface area (Å²) in [6.07, 6.45) is 0.570. The van der Waals surface area contributed by atoms with E-state index >= 15 is 0 Å². The highest BCUT2D eigenvalue weighted by Crippen LogP contribution is 2.39. The molecule has 0 fully saturated rings. The van der Waals surface area contributed by atoms with Crippen LogP contribution >= 0.6 is 0 Å². The number of benzene rings is 3. The minimum absolute atomic E-state index is 0.00512. The molecule has 0 spiro atoms. The molecule has 146 valence electrons. The number of sulfonamides is 1. The van der Waals surface area contributed by atoms with Gasteiger partial charge in [-0.3, -0.25) is 10.1 Å². The van der Waals surface area contributed by atoms with Gasteiger partial charge in [0.15, 0.2) is 0 Å². The lowest BCUT2D eigenvalue weighted by Gasteiger charge is -2.24. The Balaban J connectivity index is 1.83. The number of para-hydroxylation sites is 1. The van der Waals surface area contributed by atoms with Crippen LogP contribution in [0.5, 0.6) is 5.75 Å². The lowest BCUT2D eigenvalue weighted by Crippen LogP contribution is -2.12. The third kappa shape index (κ3) is 3.75. The van der Waals surface area contributed by atoms with Gasteiger partial charge in [-0.25, -0.2) is 13.6 Å². The number of primary sulfonamides is 1. The van der Waals surface area contributed by atoms with Gasteiger partial charge in [0.2, 0.25) is 10.0 Å². The molecule has 0 amide bonds. The molecule has 0 radical (unpaired) electrons. The molecule has 2 N–H and O–H groups in total. The van der Waals surface area contributed by atoms with Crippen LogP contribution in [-0.4, -0.2) is 13.3 Å². The van der Waals surface area contributed by atoms with Crippen molar-refractivity contribution in [1.82, 2.24) is 0 Å². The zero-order valence-electron chi connectivity index (χ0n) is 15.1. The average molecular weight is 408 g/mol. The summed E-state index contributed by atoms with van der Waals surface area (Å²) in [7, 11) is -3.80. The summed E-state index contributed by atoms with van der Waals surface area (Å²) in [5.41, 5.74) is 3.31. The van der Waals surface area contributed by atoms with E-state index in [4.69, 9.17) is 9.88 Å². The van der Waals surface area contributed by atoms with E-state index in [0.29, 0.717) is 23.5 Å². The first-order chi connectivity index (χ1) is 13.8. The van der Waals surface area contributed by atoms with Crippen LogP contribution in [0.4, 0.5) is 5.69 Å². The number of nitro benzene ring substituents is 1. The van der Waals surface area contributed by atoms with Gasteiger partial charge >= 0.3 is 0 Å². The molecule has 3 aromatic carbocycles. The molecule has 4 rings (SSSR count). The Bertz CT molecular complexity index is 1230. The van der Waals surface area contributed by atoms with Crippen molar-refractivity contribution in [3.8, 4) is 5.75 Å². The fraction of sp³-hybridized carbons (Fsp3) is 0.0476. The number of hydrogen-bond donors (Lipinski definition) is 1. The highest BCUT2D eigenvalue weighted by molar-refractivity contribution is 7.89. The average Bonchev–Trinajstić information content (AvgIpc) is 2.72. The van der Waals surface area contributed by atoms with E-state index in [1.807, 2.05) is 24.3 Å². The largest absolute Gasteiger partial charge is 0.456 e. The number of hydrogen-bond acceptors (Lipinski definition) is 5. The number of ether oxygens (including phenoxy) is 1. The summed E-state index contributed by atoms with van der Waals surface area (Å²) in [6.45, 7) is 0. The Kier molecular flexibility index (Phi) is 4.65. The summed E-state index contributed by atoms with van der Waals surface area (Å²) in [5.74, 6) is 1.28. The predicted molar refractivity (Wildman–Crippen MR) is 108 cm³/mol. The van der Waals surface area contributed by atoms with E-state index < -0.39 is 14.9 Å². The van der Waals surface area contributed by atoms with Crippen molar-refractivity contribution in [3.05, 3.63) is 99.6 Å². The van der Waals surface area contributed by atoms with Crippen LogP contribution in [0.15, 0.2) is 77.7 Å². The van der Waals surface area contributed by atoms with E-state index in [9.17, 15) is 18.5 Å². The molecule has 1 heterocycles. The normalized spacial score (nSPS) is 13.6. The quantitative estimate of drug-likeness (QED) is 0.522. The highest BCUT2D eigenvalue weighted by Gasteiger charge is 2.23. The Morgan fingerprint density at radius 2 is 1.52 bits per heavy atom. The summed E-state index contributed by atoms with van der Waals surface area (Å²) < 4.78 is 29.2. The van der Waals surface area contributed by atoms with E-state index in [2.05, 4.69) is 0 Å². The minimum Gasteiger partial charge on any atom is -0.456 e. The van der Waals surface area contributed by atoms with Crippen molar-refractivity contribution in [2.75, 3.05) is 0 Å². The van der Waals surface area contributed by atoms with Gasteiger partial charge in [0.1, 0.15) is 11.5 Å². The topological polar surface area (TPSA) is 113 Å². The molecule has 0 saturated carbocycles. The Hall–Kier alpha value is -3.49. The lowest BCUT2D eigenvalue weighted by molar-refractivity contribution is -0.384. The van der Waals surface area contributed by atoms with Crippen LogP contribution in [0, 0.1) is 10.1 Å². The monoisotopic (exact) mass is 408 g/mol. The molecule has 3 aromatic rings. The van der Waals surface area contributed by atoms with Crippen molar-refractivity contribution in [3.63, 3.8) is 0 Å². The fourth-order valence-corrected chi connectivity index (χ4v) is 3.75. The van der Waals surface area contributed by atoms with Gasteiger partial charge in [0.25, 0.3) is 5.69 Å². The zero-order chi connectivity index (χ0) is 20.6. The summed E-state index contributed by atoms with van der Waals surface area (Å²) in [4.78, 5) is 10.5. The molecule has 8 heteroatoms. The van der Waals surface area contributed by atoms with Crippen molar-refractivity contribution in [2.45, 2.75) is 11.3 Å². The Labute approximate surface area is 167 Å². The van der Waals surface area contributed by atoms with Crippen LogP contribution < -0.4 is 9.88 Å². The Morgan fingerprint density at radius 1 is 0.897 bits per heavy atom. The number of fused-ring (bicyclic) bond motifs is 1. The van der Waals surface area contributed by atoms with Gasteiger partial charge in [-0.05, 0) is 53.6 Å². The zero-order valence-corrected chi connectivity index (χ0v) is 15.9. The molecule has 0 aliphatic carbocycles. The standard InChI is InChI=1S/C21H16N2O5S/c22-29(26,27)18-11-7-15(8-12-18)21-19(13-16-3-1-2-4-20(16)28-21)14-5-9-17(10-6-14)23(24)25/h1-12H,13H2,(H2,22,26,27). The molecule has 0 bridgehead atoms. The summed E-state index contributed by atoms with van der Waals surface area (Å²) in [6, 6.07) is 20.0. The van der Waals surface area contributed by atoms with Crippen molar-refractivity contribution in [1.29, 1.82) is 0 Å². The second-order valence-electron chi connectivity index (χ2n) is 6.57. The van der Waals surface area contributed by atoms with Crippen molar-refractivity contribution >= 4 is 27.0 Å². The summed E-state index contributed by atoms with van der Waals surface area (Å²) >= 11 is 0. The van der Waals surface area contributed by atoms with Crippen LogP contribution in [0.25, 0.3) is 11.3 Å². The third-order valence-electron chi connectivity index (χ3n) is 4.70. The maximum Gasteiger partial charge on any atom is 0.269 e. The fourth-order valence-electron chi connectivity index (χ4n) is 3.24. The van der Waals surface area contributed by atoms with E-state index in [0.717, 1.165) is 16.7 Å². The third-order valence-corrected chi connectivity index (χ3v) is 5.63. The van der Waals surface area contributed by atoms with Gasteiger partial charge in [-0.1, -0.05) is 18.2 Å². The molecule has 29 heavy (non-hydrogen) atoms. The van der Waals surface area contributed by atoms with Crippen LogP contribution in [-0.2, 0) is 16.4 Å². The second kappa shape index (κ2) is 7.16. The van der Waals surface area contributed by atoms with Crippen molar-refractivity contribution < 1.29 is 18.1 Å². The van der Waals surface area contributed by atoms with Crippen molar-refractivity contribution in [2.24, 2.45) is 5.14 Å². The number of rotatable bonds is 4. The molecule has 0 atom stereocenters. The Morgan fingerprint density at radius 3 is 2.14 bits per heavy atom. The molecule has 7 nitrogen and oxygen atoms in total. The first-order valence-corrected chi connectivity index (χ1v) is 10.2. The number of nitrogens with zero attached hydrogens (tertiary/aromatic N) is 1. The SMILES string of the molecule is NS(=O)(=O)c1ccc(C2=C(c3ccc([N+](=O)[O-])cc3)Cc3ccccc3O2)cc1. The molecular weight excluding hydrogens is 392 g/mol. The highest BCUT2D eigenvalue weighted by atomic mass is 32.2. The second-order valence-corrected chi connectivity index (χ2v) is 8.13. The van der Waals surface area contributed by atoms with Gasteiger partial charge in [-0.2, -0.15) is 0 Å². The van der Waals surface area contributed by atoms with Crippen LogP contribution in [0.3, 0.4) is 0 Å². The van der Waals surface area contributed by atoms with E-state index in [-0.39, 0.29) is 10.6 Å². The molecular formula is C21H16N2O5S. The number of nitro groups is 1. The first kappa shape index (κ1) is 18.9. The molecule has 1 aliphatic rings. The minimum atomic E-state index is -3.80. The van der Waals surface area contributed by atoms with Crippen LogP contribution in [0.1, 0.15) is 16.7 Å². The maximum absolute atomic E-state index is 11.5. The molecule has 1 aliphatic heterocycles. The maximum atomic E-state index is 11.5.